The van der Waals surface area contributed by atoms with Gasteiger partial charge in [0.1, 0.15) is 5.82 Å². The number of aryl methyl sites for hydroxylation is 3. The van der Waals surface area contributed by atoms with Crippen molar-refractivity contribution in [3.05, 3.63) is 36.9 Å². The zero-order valence-electron chi connectivity index (χ0n) is 14.5. The highest BCUT2D eigenvalue weighted by molar-refractivity contribution is 5.76. The van der Waals surface area contributed by atoms with Gasteiger partial charge in [0.25, 0.3) is 0 Å². The van der Waals surface area contributed by atoms with Gasteiger partial charge < -0.3 is 14.0 Å². The summed E-state index contributed by atoms with van der Waals surface area (Å²) < 4.78 is 4.24. The summed E-state index contributed by atoms with van der Waals surface area (Å²) in [6.45, 7) is 5.78. The molecule has 0 aliphatic carbocycles. The largest absolute Gasteiger partial charge is 0.343 e. The van der Waals surface area contributed by atoms with E-state index in [-0.39, 0.29) is 0 Å². The number of carbonyl (C=O) groups excluding carboxylic acids is 1. The normalized spacial score (nSPS) is 15.8. The van der Waals surface area contributed by atoms with E-state index in [1.165, 1.54) is 6.42 Å². The first-order valence-electron chi connectivity index (χ1n) is 8.93. The minimum atomic E-state index is 0.305. The van der Waals surface area contributed by atoms with Crippen LogP contribution in [0.1, 0.15) is 37.9 Å². The van der Waals surface area contributed by atoms with Gasteiger partial charge in [0.15, 0.2) is 0 Å². The third-order valence-corrected chi connectivity index (χ3v) is 5.04. The number of piperidine rings is 1. The number of amides is 1. The van der Waals surface area contributed by atoms with E-state index in [0.29, 0.717) is 12.3 Å². The van der Waals surface area contributed by atoms with Gasteiger partial charge in [0.2, 0.25) is 5.91 Å². The maximum Gasteiger partial charge on any atom is 0.222 e. The zero-order chi connectivity index (χ0) is 16.8. The molecule has 1 aliphatic rings. The fraction of sp³-hybridized carbons (Fsp3) is 0.611. The van der Waals surface area contributed by atoms with Gasteiger partial charge in [-0.15, -0.1) is 0 Å². The monoisotopic (exact) mass is 329 g/mol. The average Bonchev–Trinajstić information content (AvgIpc) is 3.25. The summed E-state index contributed by atoms with van der Waals surface area (Å²) in [5.41, 5.74) is 0. The molecule has 0 spiro atoms. The van der Waals surface area contributed by atoms with Crippen LogP contribution < -0.4 is 0 Å². The zero-order valence-corrected chi connectivity index (χ0v) is 14.5. The van der Waals surface area contributed by atoms with Crippen molar-refractivity contribution in [2.75, 3.05) is 13.1 Å². The van der Waals surface area contributed by atoms with Crippen molar-refractivity contribution in [3.8, 4) is 0 Å². The minimum Gasteiger partial charge on any atom is -0.343 e. The molecular formula is C18H27N5O. The summed E-state index contributed by atoms with van der Waals surface area (Å²) in [5.74, 6) is 2.11. The Balaban J connectivity index is 1.33. The standard InChI is InChI=1S/C18H27N5O/c1-16-20-8-14-22(16)10-4-17-5-11-23(12-6-17)18(24)3-2-9-21-13-7-19-15-21/h7-8,13-15,17H,2-6,9-12H2,1H3. The third kappa shape index (κ3) is 4.46. The van der Waals surface area contributed by atoms with Gasteiger partial charge in [0.05, 0.1) is 6.33 Å². The highest BCUT2D eigenvalue weighted by Crippen LogP contribution is 2.22. The molecule has 0 atom stereocenters. The van der Waals surface area contributed by atoms with Crippen molar-refractivity contribution in [1.82, 2.24) is 24.0 Å². The van der Waals surface area contributed by atoms with Gasteiger partial charge in [-0.2, -0.15) is 0 Å². The molecule has 6 heteroatoms. The van der Waals surface area contributed by atoms with E-state index in [2.05, 4.69) is 14.5 Å². The number of imidazole rings is 2. The summed E-state index contributed by atoms with van der Waals surface area (Å²) in [7, 11) is 0. The smallest absolute Gasteiger partial charge is 0.222 e. The summed E-state index contributed by atoms with van der Waals surface area (Å²) in [4.78, 5) is 22.6. The van der Waals surface area contributed by atoms with Crippen LogP contribution in [0.5, 0.6) is 0 Å². The maximum absolute atomic E-state index is 12.3. The van der Waals surface area contributed by atoms with Gasteiger partial charge >= 0.3 is 0 Å². The number of carbonyl (C=O) groups is 1. The molecule has 3 rings (SSSR count). The van der Waals surface area contributed by atoms with Crippen molar-refractivity contribution in [2.45, 2.75) is 52.1 Å². The van der Waals surface area contributed by atoms with Crippen LogP contribution >= 0.6 is 0 Å². The predicted octanol–water partition coefficient (Wildman–Crippen LogP) is 2.50. The van der Waals surface area contributed by atoms with Gasteiger partial charge in [-0.3, -0.25) is 4.79 Å². The predicted molar refractivity (Wildman–Crippen MR) is 92.3 cm³/mol. The van der Waals surface area contributed by atoms with Crippen molar-refractivity contribution in [2.24, 2.45) is 5.92 Å². The molecule has 0 radical (unpaired) electrons. The molecule has 2 aromatic heterocycles. The first-order valence-corrected chi connectivity index (χ1v) is 8.93. The van der Waals surface area contributed by atoms with Crippen LogP contribution in [0, 0.1) is 12.8 Å². The number of hydrogen-bond donors (Lipinski definition) is 0. The summed E-state index contributed by atoms with van der Waals surface area (Å²) in [6, 6.07) is 0. The molecule has 0 saturated carbocycles. The minimum absolute atomic E-state index is 0.305. The Morgan fingerprint density at radius 2 is 2.04 bits per heavy atom. The second-order valence-corrected chi connectivity index (χ2v) is 6.68. The van der Waals surface area contributed by atoms with Crippen molar-refractivity contribution in [3.63, 3.8) is 0 Å². The topological polar surface area (TPSA) is 56.0 Å². The lowest BCUT2D eigenvalue weighted by Crippen LogP contribution is -2.38. The van der Waals surface area contributed by atoms with Crippen LogP contribution in [0.15, 0.2) is 31.1 Å². The molecule has 6 nitrogen and oxygen atoms in total. The Hall–Kier alpha value is -2.11. The first kappa shape index (κ1) is 16.7. The molecule has 3 heterocycles. The quantitative estimate of drug-likeness (QED) is 0.784. The molecule has 0 aromatic carbocycles. The Labute approximate surface area is 143 Å². The lowest BCUT2D eigenvalue weighted by atomic mass is 9.93. The Bertz CT molecular complexity index is 626. The van der Waals surface area contributed by atoms with Crippen molar-refractivity contribution < 1.29 is 4.79 Å². The Morgan fingerprint density at radius 1 is 1.21 bits per heavy atom. The summed E-state index contributed by atoms with van der Waals surface area (Å²) >= 11 is 0. The summed E-state index contributed by atoms with van der Waals surface area (Å²) in [5, 5.41) is 0. The lowest BCUT2D eigenvalue weighted by molar-refractivity contribution is -0.132. The van der Waals surface area contributed by atoms with E-state index in [9.17, 15) is 4.79 Å². The van der Waals surface area contributed by atoms with E-state index in [1.54, 1.807) is 12.5 Å². The van der Waals surface area contributed by atoms with Gasteiger partial charge in [-0.05, 0) is 38.5 Å². The van der Waals surface area contributed by atoms with Crippen LogP contribution in [0.2, 0.25) is 0 Å². The van der Waals surface area contributed by atoms with Gasteiger partial charge in [0, 0.05) is 57.4 Å². The van der Waals surface area contributed by atoms with Gasteiger partial charge in [-0.1, -0.05) is 0 Å². The van der Waals surface area contributed by atoms with E-state index < -0.39 is 0 Å². The number of nitrogens with zero attached hydrogens (tertiary/aromatic N) is 5. The van der Waals surface area contributed by atoms with E-state index in [1.807, 2.05) is 35.0 Å². The molecule has 1 fully saturated rings. The summed E-state index contributed by atoms with van der Waals surface area (Å²) in [6.07, 6.45) is 14.4. The molecule has 2 aromatic rings. The molecule has 1 aliphatic heterocycles. The highest BCUT2D eigenvalue weighted by Gasteiger charge is 2.22. The average molecular weight is 329 g/mol. The van der Waals surface area contributed by atoms with E-state index in [0.717, 1.165) is 57.2 Å². The Kier molecular flexibility index (Phi) is 5.67. The van der Waals surface area contributed by atoms with Crippen LogP contribution in [-0.2, 0) is 17.9 Å². The Morgan fingerprint density at radius 3 is 2.71 bits per heavy atom. The molecular weight excluding hydrogens is 302 g/mol. The number of aromatic nitrogens is 4. The molecule has 1 saturated heterocycles. The second kappa shape index (κ2) is 8.13. The molecule has 0 N–H and O–H groups in total. The second-order valence-electron chi connectivity index (χ2n) is 6.68. The maximum atomic E-state index is 12.3. The fourth-order valence-corrected chi connectivity index (χ4v) is 3.42. The lowest BCUT2D eigenvalue weighted by Gasteiger charge is -2.32. The van der Waals surface area contributed by atoms with E-state index >= 15 is 0 Å². The van der Waals surface area contributed by atoms with Crippen LogP contribution in [0.4, 0.5) is 0 Å². The van der Waals surface area contributed by atoms with E-state index in [4.69, 9.17) is 0 Å². The fourth-order valence-electron chi connectivity index (χ4n) is 3.42. The van der Waals surface area contributed by atoms with Crippen LogP contribution in [0.3, 0.4) is 0 Å². The SMILES string of the molecule is Cc1nccn1CCC1CCN(C(=O)CCCn2ccnc2)CC1. The molecule has 1 amide bonds. The van der Waals surface area contributed by atoms with Gasteiger partial charge in [-0.25, -0.2) is 9.97 Å². The molecule has 130 valence electrons. The van der Waals surface area contributed by atoms with Crippen LogP contribution in [-0.4, -0.2) is 43.0 Å². The van der Waals surface area contributed by atoms with Crippen LogP contribution in [0.25, 0.3) is 0 Å². The number of likely N-dealkylation sites (tertiary alicyclic amines) is 1. The number of hydrogen-bond acceptors (Lipinski definition) is 3. The van der Waals surface area contributed by atoms with Crippen molar-refractivity contribution >= 4 is 5.91 Å². The third-order valence-electron chi connectivity index (χ3n) is 5.04. The highest BCUT2D eigenvalue weighted by atomic mass is 16.2. The molecule has 24 heavy (non-hydrogen) atoms. The first-order chi connectivity index (χ1) is 11.7. The molecule has 0 bridgehead atoms. The molecule has 0 unspecified atom stereocenters. The van der Waals surface area contributed by atoms with Crippen molar-refractivity contribution in [1.29, 1.82) is 0 Å². The number of rotatable bonds is 7.